The molecule has 0 radical (unpaired) electrons. The molecule has 0 unspecified atom stereocenters. The predicted molar refractivity (Wildman–Crippen MR) is 115 cm³/mol. The number of aryl methyl sites for hydroxylation is 2. The van der Waals surface area contributed by atoms with Crippen molar-refractivity contribution in [1.29, 1.82) is 0 Å². The summed E-state index contributed by atoms with van der Waals surface area (Å²) in [6.07, 6.45) is 3.25. The third-order valence-electron chi connectivity index (χ3n) is 5.42. The second-order valence-corrected chi connectivity index (χ2v) is 8.87. The number of aliphatic imine (C=N–C) groups is 1. The van der Waals surface area contributed by atoms with Crippen molar-refractivity contribution in [2.24, 2.45) is 4.99 Å². The Morgan fingerprint density at radius 2 is 1.82 bits per heavy atom. The zero-order chi connectivity index (χ0) is 19.9. The molecule has 156 valence electrons. The third-order valence-corrected chi connectivity index (χ3v) is 6.56. The number of amides is 1. The van der Waals surface area contributed by atoms with Crippen LogP contribution >= 0.6 is 11.3 Å². The van der Waals surface area contributed by atoms with Crippen molar-refractivity contribution >= 4 is 23.2 Å². The van der Waals surface area contributed by atoms with Gasteiger partial charge in [-0.1, -0.05) is 0 Å². The quantitative estimate of drug-likeness (QED) is 0.573. The number of likely N-dealkylation sites (tertiary alicyclic amines) is 1. The summed E-state index contributed by atoms with van der Waals surface area (Å²) in [7, 11) is 0. The van der Waals surface area contributed by atoms with E-state index in [1.165, 1.54) is 4.88 Å². The number of carbonyl (C=O) groups excluding carboxylic acids is 1. The van der Waals surface area contributed by atoms with E-state index in [1.54, 1.807) is 11.3 Å². The number of nitrogens with one attached hydrogen (secondary N) is 1. The Labute approximate surface area is 172 Å². The van der Waals surface area contributed by atoms with Gasteiger partial charge in [-0.15, -0.1) is 11.3 Å². The highest BCUT2D eigenvalue weighted by atomic mass is 32.1. The van der Waals surface area contributed by atoms with Crippen LogP contribution in [0.2, 0.25) is 0 Å². The highest BCUT2D eigenvalue weighted by Gasteiger charge is 2.24. The van der Waals surface area contributed by atoms with Crippen LogP contribution in [0.1, 0.15) is 35.3 Å². The van der Waals surface area contributed by atoms with Gasteiger partial charge in [-0.25, -0.2) is 4.98 Å². The molecule has 2 aliphatic rings. The first kappa shape index (κ1) is 21.0. The van der Waals surface area contributed by atoms with Gasteiger partial charge in [-0.05, 0) is 33.6 Å². The molecule has 3 heterocycles. The fourth-order valence-electron chi connectivity index (χ4n) is 3.87. The van der Waals surface area contributed by atoms with E-state index < -0.39 is 0 Å². The lowest BCUT2D eigenvalue weighted by atomic mass is 10.3. The molecule has 1 aromatic rings. The molecule has 0 bridgehead atoms. The molecule has 1 amide bonds. The van der Waals surface area contributed by atoms with Crippen LogP contribution in [-0.2, 0) is 11.2 Å². The Bertz CT molecular complexity index is 674. The Balaban J connectivity index is 1.48. The van der Waals surface area contributed by atoms with Crippen molar-refractivity contribution in [2.75, 3.05) is 58.9 Å². The average molecular weight is 407 g/mol. The molecular formula is C20H34N6OS. The number of piperazine rings is 1. The molecule has 0 atom stereocenters. The molecule has 1 aromatic heterocycles. The Morgan fingerprint density at radius 1 is 1.11 bits per heavy atom. The molecule has 0 spiro atoms. The van der Waals surface area contributed by atoms with Crippen LogP contribution in [0.3, 0.4) is 0 Å². The van der Waals surface area contributed by atoms with Crippen molar-refractivity contribution in [3.8, 4) is 0 Å². The smallest absolute Gasteiger partial charge is 0.236 e. The van der Waals surface area contributed by atoms with Gasteiger partial charge in [-0.3, -0.25) is 14.7 Å². The Kier molecular flexibility index (Phi) is 7.67. The van der Waals surface area contributed by atoms with Gasteiger partial charge in [0.2, 0.25) is 5.91 Å². The van der Waals surface area contributed by atoms with Crippen LogP contribution in [0.5, 0.6) is 0 Å². The summed E-state index contributed by atoms with van der Waals surface area (Å²) in [4.78, 5) is 29.7. The summed E-state index contributed by atoms with van der Waals surface area (Å²) in [5, 5.41) is 4.56. The summed E-state index contributed by atoms with van der Waals surface area (Å²) < 4.78 is 0. The number of nitrogens with zero attached hydrogens (tertiary/aromatic N) is 5. The average Bonchev–Trinajstić information content (AvgIpc) is 3.32. The number of hydrogen-bond acceptors (Lipinski definition) is 5. The minimum atomic E-state index is 0.293. The normalized spacial score (nSPS) is 18.8. The van der Waals surface area contributed by atoms with E-state index in [2.05, 4.69) is 40.9 Å². The van der Waals surface area contributed by atoms with Crippen LogP contribution in [0.4, 0.5) is 0 Å². The lowest BCUT2D eigenvalue weighted by molar-refractivity contribution is -0.131. The van der Waals surface area contributed by atoms with Crippen molar-refractivity contribution in [3.05, 3.63) is 15.6 Å². The van der Waals surface area contributed by atoms with Crippen LogP contribution < -0.4 is 5.32 Å². The number of guanidine groups is 1. The van der Waals surface area contributed by atoms with E-state index in [1.807, 2.05) is 4.90 Å². The first-order valence-electron chi connectivity index (χ1n) is 10.5. The van der Waals surface area contributed by atoms with Gasteiger partial charge in [0.1, 0.15) is 0 Å². The number of carbonyl (C=O) groups is 1. The van der Waals surface area contributed by atoms with Crippen LogP contribution in [-0.4, -0.2) is 90.5 Å². The van der Waals surface area contributed by atoms with Gasteiger partial charge in [0.25, 0.3) is 0 Å². The van der Waals surface area contributed by atoms with Crippen molar-refractivity contribution in [1.82, 2.24) is 25.0 Å². The van der Waals surface area contributed by atoms with Crippen LogP contribution in [0, 0.1) is 13.8 Å². The van der Waals surface area contributed by atoms with E-state index in [4.69, 9.17) is 4.99 Å². The van der Waals surface area contributed by atoms with Crippen molar-refractivity contribution in [2.45, 2.75) is 40.0 Å². The van der Waals surface area contributed by atoms with E-state index in [-0.39, 0.29) is 0 Å². The van der Waals surface area contributed by atoms with Gasteiger partial charge in [0.15, 0.2) is 5.96 Å². The van der Waals surface area contributed by atoms with Gasteiger partial charge in [-0.2, -0.15) is 0 Å². The molecule has 0 aliphatic carbocycles. The third kappa shape index (κ3) is 5.67. The lowest BCUT2D eigenvalue weighted by Gasteiger charge is -2.36. The summed E-state index contributed by atoms with van der Waals surface area (Å²) in [5.74, 6) is 1.29. The predicted octanol–water partition coefficient (Wildman–Crippen LogP) is 1.51. The van der Waals surface area contributed by atoms with Gasteiger partial charge in [0.05, 0.1) is 17.2 Å². The minimum Gasteiger partial charge on any atom is -0.357 e. The van der Waals surface area contributed by atoms with Gasteiger partial charge < -0.3 is 15.1 Å². The van der Waals surface area contributed by atoms with E-state index in [0.29, 0.717) is 12.5 Å². The first-order chi connectivity index (χ1) is 13.6. The summed E-state index contributed by atoms with van der Waals surface area (Å²) in [5.41, 5.74) is 1.14. The monoisotopic (exact) mass is 406 g/mol. The van der Waals surface area contributed by atoms with E-state index in [9.17, 15) is 4.79 Å². The number of aromatic nitrogens is 1. The number of rotatable bonds is 6. The SMILES string of the molecule is CCNC(=NCCc1sc(C)nc1C)N1CCN(CC(=O)N2CCCC2)CC1. The van der Waals surface area contributed by atoms with Crippen molar-refractivity contribution in [3.63, 3.8) is 0 Å². The summed E-state index contributed by atoms with van der Waals surface area (Å²) in [6, 6.07) is 0. The van der Waals surface area contributed by atoms with Crippen molar-refractivity contribution < 1.29 is 4.79 Å². The van der Waals surface area contributed by atoms with Crippen LogP contribution in [0.25, 0.3) is 0 Å². The molecule has 0 saturated carbocycles. The van der Waals surface area contributed by atoms with E-state index >= 15 is 0 Å². The fourth-order valence-corrected chi connectivity index (χ4v) is 4.80. The molecule has 2 saturated heterocycles. The summed E-state index contributed by atoms with van der Waals surface area (Å²) >= 11 is 1.77. The molecule has 0 aromatic carbocycles. The maximum atomic E-state index is 12.4. The second kappa shape index (κ2) is 10.2. The zero-order valence-corrected chi connectivity index (χ0v) is 18.4. The molecule has 1 N–H and O–H groups in total. The molecule has 2 fully saturated rings. The van der Waals surface area contributed by atoms with E-state index in [0.717, 1.165) is 88.3 Å². The topological polar surface area (TPSA) is 64.1 Å². The molecule has 28 heavy (non-hydrogen) atoms. The highest BCUT2D eigenvalue weighted by Crippen LogP contribution is 2.17. The second-order valence-electron chi connectivity index (χ2n) is 7.58. The van der Waals surface area contributed by atoms with Gasteiger partial charge >= 0.3 is 0 Å². The molecular weight excluding hydrogens is 372 g/mol. The lowest BCUT2D eigenvalue weighted by Crippen LogP contribution is -2.54. The summed E-state index contributed by atoms with van der Waals surface area (Å²) in [6.45, 7) is 14.0. The molecule has 7 nitrogen and oxygen atoms in total. The van der Waals surface area contributed by atoms with Crippen LogP contribution in [0.15, 0.2) is 4.99 Å². The molecule has 8 heteroatoms. The maximum Gasteiger partial charge on any atom is 0.236 e. The molecule has 2 aliphatic heterocycles. The number of thiazole rings is 1. The minimum absolute atomic E-state index is 0.293. The molecule has 3 rings (SSSR count). The first-order valence-corrected chi connectivity index (χ1v) is 11.3. The Hall–Kier alpha value is -1.67. The largest absolute Gasteiger partial charge is 0.357 e. The Morgan fingerprint density at radius 3 is 2.43 bits per heavy atom. The highest BCUT2D eigenvalue weighted by molar-refractivity contribution is 7.11. The number of hydrogen-bond donors (Lipinski definition) is 1. The fraction of sp³-hybridized carbons (Fsp3) is 0.750. The maximum absolute atomic E-state index is 12.4. The standard InChI is InChI=1S/C20H34N6OS/c1-4-21-20(22-8-7-18-16(2)23-17(3)28-18)26-13-11-24(12-14-26)15-19(27)25-9-5-6-10-25/h4-15H2,1-3H3,(H,21,22). The zero-order valence-electron chi connectivity index (χ0n) is 17.5. The van der Waals surface area contributed by atoms with Gasteiger partial charge in [0, 0.05) is 63.7 Å².